The third-order valence-corrected chi connectivity index (χ3v) is 9.96. The Labute approximate surface area is 159 Å². The van der Waals surface area contributed by atoms with Crippen LogP contribution in [0.5, 0.6) is 0 Å². The molecule has 1 atom stereocenters. The molecule has 0 saturated heterocycles. The van der Waals surface area contributed by atoms with E-state index < -0.39 is 13.1 Å². The van der Waals surface area contributed by atoms with Crippen molar-refractivity contribution in [3.8, 4) is 0 Å². The average Bonchev–Trinajstić information content (AvgIpc) is 2.62. The number of ether oxygens (including phenoxy) is 1. The van der Waals surface area contributed by atoms with Crippen molar-refractivity contribution in [3.05, 3.63) is 60.7 Å². The number of hydrogen-bond donors (Lipinski definition) is 0. The van der Waals surface area contributed by atoms with Crippen molar-refractivity contribution in [1.82, 2.24) is 0 Å². The Morgan fingerprint density at radius 3 is 1.80 bits per heavy atom. The van der Waals surface area contributed by atoms with E-state index in [1.165, 1.54) is 17.5 Å². The molecule has 0 radical (unpaired) electrons. The van der Waals surface area contributed by atoms with Crippen molar-refractivity contribution >= 4 is 40.6 Å². The topological polar surface area (TPSA) is 35.5 Å². The van der Waals surface area contributed by atoms with Crippen LogP contribution in [0.3, 0.4) is 0 Å². The maximum absolute atomic E-state index is 11.8. The predicted octanol–water partition coefficient (Wildman–Crippen LogP) is 3.50. The highest BCUT2D eigenvalue weighted by Gasteiger charge is 2.50. The van der Waals surface area contributed by atoms with Crippen LogP contribution in [-0.2, 0) is 14.0 Å². The minimum atomic E-state index is -2.61. The summed E-state index contributed by atoms with van der Waals surface area (Å²) in [6.45, 7) is 6.89. The SMILES string of the molecule is COC(=O)C(Br)CO[Si](c1ccccc1)(c1ccccc1)C(C)(C)C. The second-order valence-corrected chi connectivity index (χ2v) is 12.4. The van der Waals surface area contributed by atoms with Crippen LogP contribution in [0.25, 0.3) is 0 Å². The van der Waals surface area contributed by atoms with Gasteiger partial charge in [0.15, 0.2) is 0 Å². The summed E-state index contributed by atoms with van der Waals surface area (Å²) in [4.78, 5) is 11.3. The molecule has 134 valence electrons. The summed E-state index contributed by atoms with van der Waals surface area (Å²) in [5.41, 5.74) is 0. The number of carbonyl (C=O) groups is 1. The number of esters is 1. The number of hydrogen-bond acceptors (Lipinski definition) is 3. The van der Waals surface area contributed by atoms with Crippen LogP contribution in [0.1, 0.15) is 20.8 Å². The lowest BCUT2D eigenvalue weighted by molar-refractivity contribution is -0.140. The standard InChI is InChI=1S/C20H25BrO3Si/c1-20(2,3)25(16-11-7-5-8-12-16,17-13-9-6-10-14-17)24-15-18(21)19(22)23-4/h5-14,18H,15H2,1-4H3. The van der Waals surface area contributed by atoms with Crippen molar-refractivity contribution in [3.63, 3.8) is 0 Å². The molecule has 0 heterocycles. The van der Waals surface area contributed by atoms with Crippen LogP contribution in [0.15, 0.2) is 60.7 Å². The molecule has 1 unspecified atom stereocenters. The fourth-order valence-corrected chi connectivity index (χ4v) is 8.29. The molecule has 0 aliphatic rings. The van der Waals surface area contributed by atoms with E-state index >= 15 is 0 Å². The van der Waals surface area contributed by atoms with Gasteiger partial charge in [-0.1, -0.05) is 97.4 Å². The average molecular weight is 421 g/mol. The second-order valence-electron chi connectivity index (χ2n) is 6.96. The summed E-state index contributed by atoms with van der Waals surface area (Å²) >= 11 is 3.39. The summed E-state index contributed by atoms with van der Waals surface area (Å²) < 4.78 is 11.5. The molecule has 0 bridgehead atoms. The van der Waals surface area contributed by atoms with Gasteiger partial charge in [0.25, 0.3) is 8.32 Å². The van der Waals surface area contributed by atoms with Gasteiger partial charge in [-0.25, -0.2) is 0 Å². The van der Waals surface area contributed by atoms with Gasteiger partial charge in [-0.2, -0.15) is 0 Å². The molecule has 0 aliphatic heterocycles. The smallest absolute Gasteiger partial charge is 0.321 e. The second kappa shape index (κ2) is 8.30. The highest BCUT2D eigenvalue weighted by Crippen LogP contribution is 2.37. The first-order chi connectivity index (χ1) is 11.8. The van der Waals surface area contributed by atoms with Crippen LogP contribution >= 0.6 is 15.9 Å². The lowest BCUT2D eigenvalue weighted by Crippen LogP contribution is -2.67. The lowest BCUT2D eigenvalue weighted by Gasteiger charge is -2.43. The lowest BCUT2D eigenvalue weighted by atomic mass is 10.2. The molecular weight excluding hydrogens is 396 g/mol. The van der Waals surface area contributed by atoms with Crippen molar-refractivity contribution < 1.29 is 14.0 Å². The molecule has 2 aromatic rings. The van der Waals surface area contributed by atoms with E-state index in [-0.39, 0.29) is 17.6 Å². The van der Waals surface area contributed by atoms with Gasteiger partial charge >= 0.3 is 5.97 Å². The Hall–Kier alpha value is -1.43. The molecule has 5 heteroatoms. The van der Waals surface area contributed by atoms with E-state index in [2.05, 4.69) is 61.0 Å². The Bertz CT molecular complexity index is 644. The van der Waals surface area contributed by atoms with Gasteiger partial charge in [-0.15, -0.1) is 0 Å². The molecule has 0 spiro atoms. The first kappa shape index (κ1) is 19.9. The van der Waals surface area contributed by atoms with Crippen LogP contribution < -0.4 is 10.4 Å². The van der Waals surface area contributed by atoms with Crippen LogP contribution in [0.4, 0.5) is 0 Å². The molecule has 0 fully saturated rings. The van der Waals surface area contributed by atoms with Crippen LogP contribution in [0, 0.1) is 0 Å². The molecule has 25 heavy (non-hydrogen) atoms. The minimum absolute atomic E-state index is 0.113. The maximum atomic E-state index is 11.8. The van der Waals surface area contributed by atoms with Gasteiger partial charge in [0, 0.05) is 0 Å². The van der Waals surface area contributed by atoms with Gasteiger partial charge in [0.05, 0.1) is 13.7 Å². The highest BCUT2D eigenvalue weighted by atomic mass is 79.9. The molecular formula is C20H25BrO3Si. The van der Waals surface area contributed by atoms with Crippen molar-refractivity contribution in [1.29, 1.82) is 0 Å². The van der Waals surface area contributed by atoms with Gasteiger partial charge in [0.2, 0.25) is 0 Å². The summed E-state index contributed by atoms with van der Waals surface area (Å²) in [6, 6.07) is 20.7. The normalized spacial score (nSPS) is 13.3. The molecule has 2 rings (SSSR count). The van der Waals surface area contributed by atoms with Crippen LogP contribution in [-0.4, -0.2) is 32.8 Å². The number of methoxy groups -OCH3 is 1. The first-order valence-corrected chi connectivity index (χ1v) is 11.1. The summed E-state index contributed by atoms with van der Waals surface area (Å²) in [5, 5.41) is 2.27. The third kappa shape index (κ3) is 4.22. The fraction of sp³-hybridized carbons (Fsp3) is 0.350. The third-order valence-electron chi connectivity index (χ3n) is 4.32. The zero-order valence-electron chi connectivity index (χ0n) is 15.2. The number of rotatable bonds is 6. The molecule has 0 N–H and O–H groups in total. The number of benzene rings is 2. The van der Waals surface area contributed by atoms with Gasteiger partial charge < -0.3 is 9.16 Å². The Kier molecular flexibility index (Phi) is 6.60. The van der Waals surface area contributed by atoms with Crippen molar-refractivity contribution in [2.75, 3.05) is 13.7 Å². The molecule has 0 aliphatic carbocycles. The van der Waals surface area contributed by atoms with Gasteiger partial charge in [0.1, 0.15) is 4.83 Å². The Morgan fingerprint density at radius 1 is 1.00 bits per heavy atom. The maximum Gasteiger partial charge on any atom is 0.321 e. The van der Waals surface area contributed by atoms with Crippen molar-refractivity contribution in [2.45, 2.75) is 30.6 Å². The highest BCUT2D eigenvalue weighted by molar-refractivity contribution is 9.10. The first-order valence-electron chi connectivity index (χ1n) is 8.30. The van der Waals surface area contributed by atoms with Crippen molar-refractivity contribution in [2.24, 2.45) is 0 Å². The zero-order valence-corrected chi connectivity index (χ0v) is 17.7. The van der Waals surface area contributed by atoms with E-state index in [9.17, 15) is 4.79 Å². The summed E-state index contributed by atoms with van der Waals surface area (Å²) in [5.74, 6) is -0.321. The molecule has 3 nitrogen and oxygen atoms in total. The van der Waals surface area contributed by atoms with Crippen LogP contribution in [0.2, 0.25) is 5.04 Å². The monoisotopic (exact) mass is 420 g/mol. The van der Waals surface area contributed by atoms with E-state index in [0.29, 0.717) is 0 Å². The summed E-state index contributed by atoms with van der Waals surface area (Å²) in [6.07, 6.45) is 0. The van der Waals surface area contributed by atoms with E-state index in [1.807, 2.05) is 36.4 Å². The largest absolute Gasteiger partial charge is 0.468 e. The van der Waals surface area contributed by atoms with Gasteiger partial charge in [-0.3, -0.25) is 4.79 Å². The fourth-order valence-electron chi connectivity index (χ4n) is 3.16. The van der Waals surface area contributed by atoms with E-state index in [1.54, 1.807) is 0 Å². The van der Waals surface area contributed by atoms with E-state index in [0.717, 1.165) is 0 Å². The quantitative estimate of drug-likeness (QED) is 0.407. The zero-order chi connectivity index (χ0) is 18.5. The molecule has 0 saturated carbocycles. The number of halogens is 1. The number of alkyl halides is 1. The Balaban J connectivity index is 2.55. The minimum Gasteiger partial charge on any atom is -0.468 e. The summed E-state index contributed by atoms with van der Waals surface area (Å²) in [7, 11) is -1.22. The molecule has 2 aromatic carbocycles. The molecule has 0 amide bonds. The predicted molar refractivity (Wildman–Crippen MR) is 108 cm³/mol. The van der Waals surface area contributed by atoms with Gasteiger partial charge in [-0.05, 0) is 15.4 Å². The molecule has 0 aromatic heterocycles. The Morgan fingerprint density at radius 2 is 1.44 bits per heavy atom. The van der Waals surface area contributed by atoms with E-state index in [4.69, 9.17) is 9.16 Å². The number of carbonyl (C=O) groups excluding carboxylic acids is 1.